The minimum absolute atomic E-state index is 0.0143. The zero-order valence-corrected chi connectivity index (χ0v) is 21.9. The SMILES string of the molecule is CCOc1cc(Br)c(N2C(=NC(=O)Cc3ccc(F)cc3)S[C@@H]3CS(=O)(=O)C[C@H]32)cc1OCC. The molecule has 1 amide bonds. The van der Waals surface area contributed by atoms with E-state index in [1.807, 2.05) is 18.7 Å². The highest BCUT2D eigenvalue weighted by Gasteiger charge is 2.50. The average Bonchev–Trinajstić information content (AvgIpc) is 3.22. The third-order valence-corrected chi connectivity index (χ3v) is 9.27. The third kappa shape index (κ3) is 5.41. The number of anilines is 1. The van der Waals surface area contributed by atoms with Crippen LogP contribution in [0.5, 0.6) is 11.5 Å². The number of benzene rings is 2. The monoisotopic (exact) mass is 570 g/mol. The summed E-state index contributed by atoms with van der Waals surface area (Å²) in [6.45, 7) is 4.62. The lowest BCUT2D eigenvalue weighted by atomic mass is 10.1. The van der Waals surface area contributed by atoms with E-state index in [4.69, 9.17) is 9.47 Å². The van der Waals surface area contributed by atoms with Crippen molar-refractivity contribution < 1.29 is 27.1 Å². The van der Waals surface area contributed by atoms with Gasteiger partial charge >= 0.3 is 0 Å². The Morgan fingerprint density at radius 3 is 2.44 bits per heavy atom. The highest BCUT2D eigenvalue weighted by Crippen LogP contribution is 2.46. The van der Waals surface area contributed by atoms with Crippen molar-refractivity contribution in [2.24, 2.45) is 4.99 Å². The second-order valence-corrected chi connectivity index (χ2v) is 12.1. The van der Waals surface area contributed by atoms with Gasteiger partial charge in [0.2, 0.25) is 0 Å². The molecule has 0 N–H and O–H groups in total. The van der Waals surface area contributed by atoms with Crippen molar-refractivity contribution in [1.82, 2.24) is 0 Å². The molecule has 2 saturated heterocycles. The number of amides is 1. The highest BCUT2D eigenvalue weighted by molar-refractivity contribution is 9.10. The zero-order valence-electron chi connectivity index (χ0n) is 18.7. The number of fused-ring (bicyclic) bond motifs is 1. The molecule has 0 unspecified atom stereocenters. The van der Waals surface area contributed by atoms with Crippen LogP contribution in [0.2, 0.25) is 0 Å². The van der Waals surface area contributed by atoms with Crippen molar-refractivity contribution in [3.63, 3.8) is 0 Å². The van der Waals surface area contributed by atoms with Crippen LogP contribution in [0.4, 0.5) is 10.1 Å². The van der Waals surface area contributed by atoms with E-state index in [1.165, 1.54) is 23.9 Å². The molecule has 34 heavy (non-hydrogen) atoms. The molecule has 0 aromatic heterocycles. The number of rotatable bonds is 7. The zero-order chi connectivity index (χ0) is 24.5. The molecular formula is C23H24BrFN2O5S2. The predicted molar refractivity (Wildman–Crippen MR) is 135 cm³/mol. The number of nitrogens with zero attached hydrogens (tertiary/aromatic N) is 2. The second-order valence-electron chi connectivity index (χ2n) is 7.88. The number of sulfone groups is 1. The van der Waals surface area contributed by atoms with Crippen LogP contribution in [-0.2, 0) is 21.1 Å². The number of amidine groups is 1. The van der Waals surface area contributed by atoms with E-state index in [0.29, 0.717) is 45.6 Å². The number of ether oxygens (including phenoxy) is 2. The van der Waals surface area contributed by atoms with Crippen LogP contribution in [0.3, 0.4) is 0 Å². The Labute approximate surface area is 210 Å². The Balaban J connectivity index is 1.71. The quantitative estimate of drug-likeness (QED) is 0.492. The summed E-state index contributed by atoms with van der Waals surface area (Å²) < 4.78 is 50.1. The van der Waals surface area contributed by atoms with Crippen LogP contribution in [0.25, 0.3) is 0 Å². The minimum Gasteiger partial charge on any atom is -0.490 e. The molecule has 2 fully saturated rings. The summed E-state index contributed by atoms with van der Waals surface area (Å²) in [4.78, 5) is 18.9. The Morgan fingerprint density at radius 2 is 1.79 bits per heavy atom. The van der Waals surface area contributed by atoms with Gasteiger partial charge in [-0.1, -0.05) is 23.9 Å². The van der Waals surface area contributed by atoms with E-state index >= 15 is 0 Å². The number of halogens is 2. The Hall–Kier alpha value is -2.11. The fraction of sp³-hybridized carbons (Fsp3) is 0.391. The lowest BCUT2D eigenvalue weighted by molar-refractivity contribution is -0.117. The minimum atomic E-state index is -3.21. The second kappa shape index (κ2) is 10.2. The van der Waals surface area contributed by atoms with Gasteiger partial charge in [0, 0.05) is 21.9 Å². The largest absolute Gasteiger partial charge is 0.490 e. The number of carbonyl (C=O) groups excluding carboxylic acids is 1. The Morgan fingerprint density at radius 1 is 1.15 bits per heavy atom. The first kappa shape index (κ1) is 25.0. The molecule has 0 aliphatic carbocycles. The molecule has 4 rings (SSSR count). The standard InChI is InChI=1S/C23H24BrFN2O5S2/c1-3-31-19-10-16(24)17(11-20(19)32-4-2)27-18-12-34(29,30)13-21(18)33-23(27)26-22(28)9-14-5-7-15(25)8-6-14/h5-8,10-11,18,21H,3-4,9,12-13H2,1-2H3/t18-,21-/m1/s1. The first-order valence-corrected chi connectivity index (χ1v) is 14.3. The van der Waals surface area contributed by atoms with Crippen molar-refractivity contribution in [2.75, 3.05) is 29.6 Å². The van der Waals surface area contributed by atoms with Crippen LogP contribution >= 0.6 is 27.7 Å². The molecule has 2 aromatic carbocycles. The maximum absolute atomic E-state index is 13.2. The van der Waals surface area contributed by atoms with Gasteiger partial charge in [-0.15, -0.1) is 0 Å². The summed E-state index contributed by atoms with van der Waals surface area (Å²) in [7, 11) is -3.21. The maximum atomic E-state index is 13.2. The summed E-state index contributed by atoms with van der Waals surface area (Å²) in [5, 5.41) is 0.195. The average molecular weight is 571 g/mol. The number of carbonyl (C=O) groups is 1. The van der Waals surface area contributed by atoms with Gasteiger partial charge in [0.25, 0.3) is 5.91 Å². The fourth-order valence-corrected chi connectivity index (χ4v) is 8.45. The summed E-state index contributed by atoms with van der Waals surface area (Å²) in [5.74, 6) is 0.312. The van der Waals surface area contributed by atoms with Gasteiger partial charge in [-0.3, -0.25) is 4.79 Å². The lowest BCUT2D eigenvalue weighted by Gasteiger charge is -2.27. The molecule has 182 valence electrons. The van der Waals surface area contributed by atoms with Gasteiger partial charge in [-0.25, -0.2) is 12.8 Å². The molecule has 7 nitrogen and oxygen atoms in total. The van der Waals surface area contributed by atoms with Crippen molar-refractivity contribution in [2.45, 2.75) is 31.6 Å². The number of hydrogen-bond donors (Lipinski definition) is 0. The van der Waals surface area contributed by atoms with Gasteiger partial charge in [-0.05, 0) is 47.5 Å². The summed E-state index contributed by atoms with van der Waals surface area (Å²) >= 11 is 4.87. The third-order valence-electron chi connectivity index (χ3n) is 5.43. The number of hydrogen-bond acceptors (Lipinski definition) is 6. The molecule has 0 saturated carbocycles. The van der Waals surface area contributed by atoms with Crippen LogP contribution < -0.4 is 14.4 Å². The molecule has 0 radical (unpaired) electrons. The molecule has 0 bridgehead atoms. The maximum Gasteiger partial charge on any atom is 0.252 e. The Bertz CT molecular complexity index is 1220. The van der Waals surface area contributed by atoms with E-state index in [9.17, 15) is 17.6 Å². The van der Waals surface area contributed by atoms with Gasteiger partial charge in [-0.2, -0.15) is 4.99 Å². The van der Waals surface area contributed by atoms with E-state index < -0.39 is 15.7 Å². The van der Waals surface area contributed by atoms with Gasteiger partial charge in [0.1, 0.15) is 5.82 Å². The molecule has 2 heterocycles. The topological polar surface area (TPSA) is 85.3 Å². The highest BCUT2D eigenvalue weighted by atomic mass is 79.9. The first-order valence-electron chi connectivity index (χ1n) is 10.8. The van der Waals surface area contributed by atoms with Crippen LogP contribution in [-0.4, -0.2) is 55.5 Å². The Kier molecular flexibility index (Phi) is 7.54. The van der Waals surface area contributed by atoms with Crippen molar-refractivity contribution in [1.29, 1.82) is 0 Å². The lowest BCUT2D eigenvalue weighted by Crippen LogP contribution is -2.38. The van der Waals surface area contributed by atoms with Crippen LogP contribution in [0.15, 0.2) is 45.9 Å². The summed E-state index contributed by atoms with van der Waals surface area (Å²) in [5.41, 5.74) is 1.30. The van der Waals surface area contributed by atoms with E-state index in [2.05, 4.69) is 20.9 Å². The van der Waals surface area contributed by atoms with Crippen molar-refractivity contribution in [3.05, 3.63) is 52.3 Å². The summed E-state index contributed by atoms with van der Waals surface area (Å²) in [6, 6.07) is 8.89. The molecule has 2 aliphatic rings. The molecule has 2 atom stereocenters. The van der Waals surface area contributed by atoms with E-state index in [1.54, 1.807) is 24.3 Å². The fourth-order valence-electron chi connectivity index (χ4n) is 4.01. The molecular weight excluding hydrogens is 547 g/mol. The number of thioether (sulfide) groups is 1. The van der Waals surface area contributed by atoms with Crippen LogP contribution in [0, 0.1) is 5.82 Å². The summed E-state index contributed by atoms with van der Waals surface area (Å²) in [6.07, 6.45) is 0.0143. The van der Waals surface area contributed by atoms with Crippen molar-refractivity contribution in [3.8, 4) is 11.5 Å². The molecule has 2 aromatic rings. The van der Waals surface area contributed by atoms with E-state index in [0.717, 1.165) is 0 Å². The molecule has 2 aliphatic heterocycles. The number of aliphatic imine (C=N–C) groups is 1. The normalized spacial score (nSPS) is 22.1. The van der Waals surface area contributed by atoms with Crippen LogP contribution in [0.1, 0.15) is 19.4 Å². The first-order chi connectivity index (χ1) is 16.2. The molecule has 0 spiro atoms. The molecule has 11 heteroatoms. The van der Waals surface area contributed by atoms with E-state index in [-0.39, 0.29) is 35.0 Å². The predicted octanol–water partition coefficient (Wildman–Crippen LogP) is 4.23. The van der Waals surface area contributed by atoms with Crippen molar-refractivity contribution >= 4 is 54.3 Å². The smallest absolute Gasteiger partial charge is 0.252 e. The van der Waals surface area contributed by atoms with Gasteiger partial charge < -0.3 is 14.4 Å². The van der Waals surface area contributed by atoms with Gasteiger partial charge in [0.15, 0.2) is 26.5 Å². The van der Waals surface area contributed by atoms with Gasteiger partial charge in [0.05, 0.1) is 42.9 Å².